The Kier molecular flexibility index (Phi) is 6.68. The highest BCUT2D eigenvalue weighted by Gasteiger charge is 2.20. The molecule has 0 saturated carbocycles. The zero-order chi connectivity index (χ0) is 19.9. The molecule has 7 heteroatoms. The van der Waals surface area contributed by atoms with Crippen molar-refractivity contribution in [2.45, 2.75) is 6.42 Å². The Balaban J connectivity index is 1.51. The van der Waals surface area contributed by atoms with Gasteiger partial charge in [0.25, 0.3) is 0 Å². The average Bonchev–Trinajstić information content (AvgIpc) is 2.74. The van der Waals surface area contributed by atoms with Crippen LogP contribution in [-0.2, 0) is 6.42 Å². The van der Waals surface area contributed by atoms with Gasteiger partial charge in [0.2, 0.25) is 0 Å². The summed E-state index contributed by atoms with van der Waals surface area (Å²) in [6, 6.07) is 12.3. The molecule has 0 aliphatic carbocycles. The molecule has 1 N–H and O–H groups in total. The first-order chi connectivity index (χ1) is 13.6. The maximum atomic E-state index is 13.8. The molecule has 0 bridgehead atoms. The molecule has 1 aliphatic heterocycles. The van der Waals surface area contributed by atoms with E-state index >= 15 is 0 Å². The van der Waals surface area contributed by atoms with E-state index < -0.39 is 11.6 Å². The Morgan fingerprint density at radius 2 is 1.86 bits per heavy atom. The number of nitrogens with zero attached hydrogens (tertiary/aromatic N) is 3. The Hall–Kier alpha value is -2.83. The van der Waals surface area contributed by atoms with Crippen molar-refractivity contribution < 1.29 is 13.5 Å². The van der Waals surface area contributed by atoms with Crippen molar-refractivity contribution in [2.24, 2.45) is 4.99 Å². The summed E-state index contributed by atoms with van der Waals surface area (Å²) < 4.78 is 32.4. The molecule has 1 heterocycles. The predicted molar refractivity (Wildman–Crippen MR) is 108 cm³/mol. The van der Waals surface area contributed by atoms with E-state index in [1.54, 1.807) is 20.2 Å². The van der Waals surface area contributed by atoms with Gasteiger partial charge < -0.3 is 19.9 Å². The van der Waals surface area contributed by atoms with E-state index in [2.05, 4.69) is 26.2 Å². The highest BCUT2D eigenvalue weighted by atomic mass is 19.2. The van der Waals surface area contributed by atoms with Crippen molar-refractivity contribution in [3.8, 4) is 5.75 Å². The molecule has 150 valence electrons. The predicted octanol–water partition coefficient (Wildman–Crippen LogP) is 2.91. The number of guanidine groups is 1. The number of methoxy groups -OCH3 is 1. The van der Waals surface area contributed by atoms with Crippen molar-refractivity contribution >= 4 is 11.6 Å². The molecule has 1 aliphatic rings. The molecule has 0 spiro atoms. The Morgan fingerprint density at radius 3 is 2.57 bits per heavy atom. The van der Waals surface area contributed by atoms with Crippen molar-refractivity contribution in [2.75, 3.05) is 51.8 Å². The number of rotatable bonds is 5. The number of anilines is 1. The minimum absolute atomic E-state index is 0.366. The van der Waals surface area contributed by atoms with Crippen LogP contribution in [0.5, 0.6) is 5.75 Å². The van der Waals surface area contributed by atoms with E-state index in [1.165, 1.54) is 6.07 Å². The number of halogens is 2. The fraction of sp³-hybridized carbons (Fsp3) is 0.381. The van der Waals surface area contributed by atoms with Crippen LogP contribution in [0.3, 0.4) is 0 Å². The lowest BCUT2D eigenvalue weighted by molar-refractivity contribution is 0.372. The van der Waals surface area contributed by atoms with E-state index in [0.29, 0.717) is 18.5 Å². The molecule has 1 saturated heterocycles. The van der Waals surface area contributed by atoms with E-state index in [4.69, 9.17) is 4.74 Å². The molecule has 0 amide bonds. The van der Waals surface area contributed by atoms with Gasteiger partial charge in [-0.15, -0.1) is 0 Å². The molecule has 3 rings (SSSR count). The molecule has 0 aromatic heterocycles. The van der Waals surface area contributed by atoms with Gasteiger partial charge >= 0.3 is 0 Å². The minimum atomic E-state index is -0.810. The lowest BCUT2D eigenvalue weighted by Crippen LogP contribution is -2.52. The van der Waals surface area contributed by atoms with Crippen molar-refractivity contribution in [3.63, 3.8) is 0 Å². The summed E-state index contributed by atoms with van der Waals surface area (Å²) in [6.07, 6.45) is 0.395. The van der Waals surface area contributed by atoms with Crippen molar-refractivity contribution in [3.05, 3.63) is 59.7 Å². The fourth-order valence-corrected chi connectivity index (χ4v) is 3.37. The third-order valence-corrected chi connectivity index (χ3v) is 4.92. The molecule has 0 radical (unpaired) electrons. The summed E-state index contributed by atoms with van der Waals surface area (Å²) in [7, 11) is 3.40. The summed E-state index contributed by atoms with van der Waals surface area (Å²) in [5, 5.41) is 3.26. The standard InChI is InChI=1S/C21H26F2N4O/c1-24-21(25-10-9-16-5-3-8-19(22)20(16)23)27-13-11-26(12-14-27)17-6-4-7-18(15-17)28-2/h3-8,15H,9-14H2,1-2H3,(H,24,25). The van der Waals surface area contributed by atoms with Crippen molar-refractivity contribution in [1.82, 2.24) is 10.2 Å². The van der Waals surface area contributed by atoms with E-state index in [-0.39, 0.29) is 0 Å². The summed E-state index contributed by atoms with van der Waals surface area (Å²) in [5.74, 6) is 0.0471. The number of aliphatic imine (C=N–C) groups is 1. The number of hydrogen-bond acceptors (Lipinski definition) is 3. The lowest BCUT2D eigenvalue weighted by Gasteiger charge is -2.37. The Bertz CT molecular complexity index is 820. The van der Waals surface area contributed by atoms with Gasteiger partial charge in [0.15, 0.2) is 17.6 Å². The van der Waals surface area contributed by atoms with Crippen LogP contribution in [0.4, 0.5) is 14.5 Å². The molecule has 1 fully saturated rings. The molecular formula is C21H26F2N4O. The summed E-state index contributed by atoms with van der Waals surface area (Å²) in [4.78, 5) is 8.83. The number of ether oxygens (including phenoxy) is 1. The fourth-order valence-electron chi connectivity index (χ4n) is 3.37. The first-order valence-electron chi connectivity index (χ1n) is 9.40. The maximum absolute atomic E-state index is 13.8. The van der Waals surface area contributed by atoms with Gasteiger partial charge in [-0.3, -0.25) is 4.99 Å². The van der Waals surface area contributed by atoms with Crippen LogP contribution < -0.4 is 15.0 Å². The normalized spacial score (nSPS) is 14.9. The van der Waals surface area contributed by atoms with Crippen LogP contribution in [0.25, 0.3) is 0 Å². The first-order valence-corrected chi connectivity index (χ1v) is 9.40. The molecule has 2 aromatic rings. The lowest BCUT2D eigenvalue weighted by atomic mass is 10.1. The second kappa shape index (κ2) is 9.39. The Morgan fingerprint density at radius 1 is 1.11 bits per heavy atom. The van der Waals surface area contributed by atoms with Gasteiger partial charge in [-0.2, -0.15) is 0 Å². The van der Waals surface area contributed by atoms with Crippen LogP contribution >= 0.6 is 0 Å². The second-order valence-corrected chi connectivity index (χ2v) is 6.61. The van der Waals surface area contributed by atoms with Crippen molar-refractivity contribution in [1.29, 1.82) is 0 Å². The molecule has 5 nitrogen and oxygen atoms in total. The number of nitrogens with one attached hydrogen (secondary N) is 1. The number of hydrogen-bond donors (Lipinski definition) is 1. The first kappa shape index (κ1) is 19.9. The largest absolute Gasteiger partial charge is 0.497 e. The SMILES string of the molecule is CN=C(NCCc1cccc(F)c1F)N1CCN(c2cccc(OC)c2)CC1. The van der Waals surface area contributed by atoms with E-state index in [0.717, 1.165) is 49.6 Å². The average molecular weight is 388 g/mol. The van der Waals surface area contributed by atoms with E-state index in [1.807, 2.05) is 18.2 Å². The van der Waals surface area contributed by atoms with Gasteiger partial charge in [0.1, 0.15) is 5.75 Å². The van der Waals surface area contributed by atoms with Crippen LogP contribution in [0.1, 0.15) is 5.56 Å². The molecule has 0 atom stereocenters. The minimum Gasteiger partial charge on any atom is -0.497 e. The quantitative estimate of drug-likeness (QED) is 0.632. The van der Waals surface area contributed by atoms with Crippen LogP contribution in [0.15, 0.2) is 47.5 Å². The highest BCUT2D eigenvalue weighted by Crippen LogP contribution is 2.22. The van der Waals surface area contributed by atoms with Gasteiger partial charge in [0, 0.05) is 51.5 Å². The summed E-state index contributed by atoms with van der Waals surface area (Å²) in [5.41, 5.74) is 1.51. The van der Waals surface area contributed by atoms with Crippen LogP contribution in [0, 0.1) is 11.6 Å². The zero-order valence-corrected chi connectivity index (χ0v) is 16.3. The smallest absolute Gasteiger partial charge is 0.193 e. The van der Waals surface area contributed by atoms with Gasteiger partial charge in [-0.1, -0.05) is 18.2 Å². The Labute approximate surface area is 164 Å². The summed E-state index contributed by atoms with van der Waals surface area (Å²) in [6.45, 7) is 3.87. The molecule has 0 unspecified atom stereocenters. The monoisotopic (exact) mass is 388 g/mol. The molecule has 28 heavy (non-hydrogen) atoms. The highest BCUT2D eigenvalue weighted by molar-refractivity contribution is 5.80. The van der Waals surface area contributed by atoms with Crippen LogP contribution in [-0.4, -0.2) is 57.7 Å². The summed E-state index contributed by atoms with van der Waals surface area (Å²) >= 11 is 0. The topological polar surface area (TPSA) is 40.1 Å². The zero-order valence-electron chi connectivity index (χ0n) is 16.3. The van der Waals surface area contributed by atoms with Gasteiger partial charge in [-0.05, 0) is 30.2 Å². The van der Waals surface area contributed by atoms with Crippen LogP contribution in [0.2, 0.25) is 0 Å². The third-order valence-electron chi connectivity index (χ3n) is 4.92. The molecule has 2 aromatic carbocycles. The van der Waals surface area contributed by atoms with Gasteiger partial charge in [0.05, 0.1) is 7.11 Å². The number of benzene rings is 2. The number of piperazine rings is 1. The molecular weight excluding hydrogens is 362 g/mol. The third kappa shape index (κ3) is 4.71. The van der Waals surface area contributed by atoms with Gasteiger partial charge in [-0.25, -0.2) is 8.78 Å². The second-order valence-electron chi connectivity index (χ2n) is 6.61. The van der Waals surface area contributed by atoms with E-state index in [9.17, 15) is 8.78 Å². The maximum Gasteiger partial charge on any atom is 0.193 e.